The maximum atomic E-state index is 11.7. The number of hydrogen-bond acceptors (Lipinski definition) is 5. The van der Waals surface area contributed by atoms with Gasteiger partial charge in [-0.05, 0) is 33.3 Å². The van der Waals surface area contributed by atoms with Crippen LogP contribution in [-0.2, 0) is 7.05 Å². The number of nitrogens with one attached hydrogen (secondary N) is 1. The van der Waals surface area contributed by atoms with Crippen molar-refractivity contribution in [2.45, 2.75) is 0 Å². The normalized spacial score (nSPS) is 10.1. The van der Waals surface area contributed by atoms with E-state index in [2.05, 4.69) is 41.6 Å². The summed E-state index contributed by atoms with van der Waals surface area (Å²) in [5, 5.41) is 13.6. The number of rotatable bonds is 2. The molecule has 0 fully saturated rings. The molecule has 8 heteroatoms. The van der Waals surface area contributed by atoms with Crippen molar-refractivity contribution in [3.05, 3.63) is 28.5 Å². The average molecular weight is 283 g/mol. The third kappa shape index (κ3) is 2.40. The van der Waals surface area contributed by atoms with Gasteiger partial charge in [0.2, 0.25) is 0 Å². The van der Waals surface area contributed by atoms with Gasteiger partial charge in [0.15, 0.2) is 0 Å². The van der Waals surface area contributed by atoms with Gasteiger partial charge in [0, 0.05) is 6.20 Å². The number of anilines is 1. The van der Waals surface area contributed by atoms with E-state index in [1.165, 1.54) is 11.0 Å². The Morgan fingerprint density at radius 2 is 2.31 bits per heavy atom. The minimum Gasteiger partial charge on any atom is -0.288 e. The first-order chi connectivity index (χ1) is 7.65. The fourth-order valence-electron chi connectivity index (χ4n) is 1.02. The molecule has 0 unspecified atom stereocenters. The molecule has 0 aromatic carbocycles. The van der Waals surface area contributed by atoms with Gasteiger partial charge < -0.3 is 0 Å². The summed E-state index contributed by atoms with van der Waals surface area (Å²) in [6.07, 6.45) is 1.45. The van der Waals surface area contributed by atoms with Gasteiger partial charge in [-0.2, -0.15) is 4.80 Å². The first-order valence-electron chi connectivity index (χ1n) is 4.32. The molecule has 1 N–H and O–H groups in total. The molecule has 16 heavy (non-hydrogen) atoms. The molecule has 0 spiro atoms. The summed E-state index contributed by atoms with van der Waals surface area (Å²) in [6, 6.07) is 3.32. The van der Waals surface area contributed by atoms with Crippen LogP contribution in [0, 0.1) is 0 Å². The van der Waals surface area contributed by atoms with Gasteiger partial charge in [-0.25, -0.2) is 4.98 Å². The molecular weight excluding hydrogens is 276 g/mol. The molecule has 2 heterocycles. The summed E-state index contributed by atoms with van der Waals surface area (Å²) < 4.78 is 0.668. The lowest BCUT2D eigenvalue weighted by molar-refractivity contribution is 0.102. The van der Waals surface area contributed by atoms with E-state index in [9.17, 15) is 4.79 Å². The first kappa shape index (κ1) is 10.7. The van der Waals surface area contributed by atoms with Gasteiger partial charge in [0.25, 0.3) is 11.9 Å². The zero-order chi connectivity index (χ0) is 11.5. The van der Waals surface area contributed by atoms with Crippen LogP contribution in [0.15, 0.2) is 22.9 Å². The summed E-state index contributed by atoms with van der Waals surface area (Å²) >= 11 is 3.18. The number of pyridine rings is 1. The molecular formula is C8H7BrN6O. The minimum absolute atomic E-state index is 0.162. The molecule has 0 bridgehead atoms. The lowest BCUT2D eigenvalue weighted by Crippen LogP contribution is -2.13. The second kappa shape index (κ2) is 4.35. The van der Waals surface area contributed by atoms with Crippen LogP contribution in [0.5, 0.6) is 0 Å². The van der Waals surface area contributed by atoms with Crippen LogP contribution in [-0.4, -0.2) is 31.1 Å². The van der Waals surface area contributed by atoms with Gasteiger partial charge in [-0.3, -0.25) is 10.1 Å². The second-order valence-corrected chi connectivity index (χ2v) is 3.74. The smallest absolute Gasteiger partial charge is 0.270 e. The van der Waals surface area contributed by atoms with E-state index < -0.39 is 0 Å². The van der Waals surface area contributed by atoms with Gasteiger partial charge in [-0.1, -0.05) is 5.10 Å². The van der Waals surface area contributed by atoms with Crippen molar-refractivity contribution in [2.75, 3.05) is 5.32 Å². The van der Waals surface area contributed by atoms with Crippen LogP contribution in [0.4, 0.5) is 5.95 Å². The number of aromatic nitrogens is 5. The topological polar surface area (TPSA) is 85.6 Å². The second-order valence-electron chi connectivity index (χ2n) is 2.93. The Labute approximate surface area is 99.0 Å². The molecule has 2 aromatic rings. The molecule has 1 amide bonds. The van der Waals surface area contributed by atoms with Crippen molar-refractivity contribution in [2.24, 2.45) is 7.05 Å². The highest BCUT2D eigenvalue weighted by Gasteiger charge is 2.09. The number of amides is 1. The summed E-state index contributed by atoms with van der Waals surface area (Å²) in [5.74, 6) is -0.164. The van der Waals surface area contributed by atoms with Crippen LogP contribution >= 0.6 is 15.9 Å². The lowest BCUT2D eigenvalue weighted by Gasteiger charge is -1.99. The van der Waals surface area contributed by atoms with E-state index in [4.69, 9.17) is 0 Å². The summed E-state index contributed by atoms with van der Waals surface area (Å²) in [4.78, 5) is 16.9. The van der Waals surface area contributed by atoms with Crippen molar-refractivity contribution in [1.29, 1.82) is 0 Å². The number of carbonyl (C=O) groups excluding carboxylic acids is 1. The molecule has 2 aromatic heterocycles. The highest BCUT2D eigenvalue weighted by atomic mass is 79.9. The number of tetrazole rings is 1. The Morgan fingerprint density at radius 1 is 1.50 bits per heavy atom. The molecule has 0 atom stereocenters. The zero-order valence-corrected chi connectivity index (χ0v) is 9.84. The maximum absolute atomic E-state index is 11.7. The van der Waals surface area contributed by atoms with Gasteiger partial charge in [0.05, 0.1) is 12.6 Å². The summed E-state index contributed by atoms with van der Waals surface area (Å²) in [7, 11) is 1.61. The zero-order valence-electron chi connectivity index (χ0n) is 8.25. The van der Waals surface area contributed by atoms with Crippen LogP contribution in [0.25, 0.3) is 0 Å². The standard InChI is InChI=1S/C8H7BrN6O/c1-15-13-8(12-14-15)11-7(16)5-2-3-6(9)10-4-5/h2-4H,1H3,(H,11,13,16). The van der Waals surface area contributed by atoms with Crippen LogP contribution in [0.3, 0.4) is 0 Å². The summed E-state index contributed by atoms with van der Waals surface area (Å²) in [6.45, 7) is 0. The largest absolute Gasteiger partial charge is 0.288 e. The Kier molecular flexibility index (Phi) is 2.91. The van der Waals surface area contributed by atoms with Crippen molar-refractivity contribution >= 4 is 27.8 Å². The fraction of sp³-hybridized carbons (Fsp3) is 0.125. The van der Waals surface area contributed by atoms with E-state index in [-0.39, 0.29) is 11.9 Å². The highest BCUT2D eigenvalue weighted by molar-refractivity contribution is 9.10. The van der Waals surface area contributed by atoms with Crippen LogP contribution in [0.2, 0.25) is 0 Å². The van der Waals surface area contributed by atoms with Gasteiger partial charge in [0.1, 0.15) is 4.60 Å². The maximum Gasteiger partial charge on any atom is 0.270 e. The number of hydrogen-bond donors (Lipinski definition) is 1. The number of halogens is 1. The Morgan fingerprint density at radius 3 is 2.88 bits per heavy atom. The first-order valence-corrected chi connectivity index (χ1v) is 5.11. The number of aryl methyl sites for hydroxylation is 1. The molecule has 2 rings (SSSR count). The predicted molar refractivity (Wildman–Crippen MR) is 58.7 cm³/mol. The monoisotopic (exact) mass is 282 g/mol. The van der Waals surface area contributed by atoms with E-state index in [1.54, 1.807) is 19.2 Å². The Bertz CT molecular complexity index is 508. The quantitative estimate of drug-likeness (QED) is 0.816. The van der Waals surface area contributed by atoms with Crippen LogP contribution in [0.1, 0.15) is 10.4 Å². The molecule has 0 saturated carbocycles. The lowest BCUT2D eigenvalue weighted by atomic mass is 10.3. The minimum atomic E-state index is -0.326. The van der Waals surface area contributed by atoms with E-state index in [1.807, 2.05) is 0 Å². The molecule has 7 nitrogen and oxygen atoms in total. The Hall–Kier alpha value is -1.83. The fourth-order valence-corrected chi connectivity index (χ4v) is 1.25. The van der Waals surface area contributed by atoms with E-state index in [0.29, 0.717) is 10.2 Å². The predicted octanol–water partition coefficient (Wildman–Crippen LogP) is 0.620. The molecule has 0 saturated heterocycles. The molecule has 0 radical (unpaired) electrons. The highest BCUT2D eigenvalue weighted by Crippen LogP contribution is 2.07. The number of carbonyl (C=O) groups is 1. The van der Waals surface area contributed by atoms with Gasteiger partial charge >= 0.3 is 0 Å². The van der Waals surface area contributed by atoms with Crippen molar-refractivity contribution in [3.8, 4) is 0 Å². The SMILES string of the molecule is Cn1nnc(NC(=O)c2ccc(Br)nc2)n1. The van der Waals surface area contributed by atoms with Crippen molar-refractivity contribution in [1.82, 2.24) is 25.2 Å². The van der Waals surface area contributed by atoms with E-state index >= 15 is 0 Å². The molecule has 0 aliphatic carbocycles. The third-order valence-corrected chi connectivity index (χ3v) is 2.19. The van der Waals surface area contributed by atoms with Crippen molar-refractivity contribution in [3.63, 3.8) is 0 Å². The Balaban J connectivity index is 2.11. The third-order valence-electron chi connectivity index (χ3n) is 1.72. The number of nitrogens with zero attached hydrogens (tertiary/aromatic N) is 5. The molecule has 0 aliphatic heterocycles. The molecule has 82 valence electrons. The van der Waals surface area contributed by atoms with Crippen LogP contribution < -0.4 is 5.32 Å². The average Bonchev–Trinajstić information content (AvgIpc) is 2.65. The van der Waals surface area contributed by atoms with Crippen molar-refractivity contribution < 1.29 is 4.79 Å². The summed E-state index contributed by atoms with van der Waals surface area (Å²) in [5.41, 5.74) is 0.427. The van der Waals surface area contributed by atoms with Gasteiger partial charge in [-0.15, -0.1) is 5.10 Å². The molecule has 0 aliphatic rings. The van der Waals surface area contributed by atoms with E-state index in [0.717, 1.165) is 0 Å².